The van der Waals surface area contributed by atoms with Crippen molar-refractivity contribution in [2.75, 3.05) is 4.72 Å². The van der Waals surface area contributed by atoms with Crippen molar-refractivity contribution in [2.24, 2.45) is 0 Å². The summed E-state index contributed by atoms with van der Waals surface area (Å²) >= 11 is 5.52. The van der Waals surface area contributed by atoms with Gasteiger partial charge >= 0.3 is 6.18 Å². The molecule has 0 fully saturated rings. The van der Waals surface area contributed by atoms with Crippen LogP contribution in [0.1, 0.15) is 5.56 Å². The monoisotopic (exact) mass is 418 g/mol. The Labute approximate surface area is 156 Å². The first kappa shape index (κ1) is 19.2. The Morgan fingerprint density at radius 3 is 2.33 bits per heavy atom. The molecule has 4 nitrogen and oxygen atoms in total. The molecule has 0 spiro atoms. The molecule has 0 bridgehead atoms. The lowest BCUT2D eigenvalue weighted by Crippen LogP contribution is -2.14. The Balaban J connectivity index is 1.92. The standard InChI is InChI=1S/C17H11ClF4N2O2S/c18-13-8-16(14(19)7-12(13)17(20,21)22)24-27(25,26)11-6-15(23-9-11)10-4-2-1-3-5-10/h1-9,23-24H. The predicted octanol–water partition coefficient (Wildman–Crippen LogP) is 5.29. The Morgan fingerprint density at radius 2 is 1.70 bits per heavy atom. The van der Waals surface area contributed by atoms with Crippen molar-refractivity contribution in [1.82, 2.24) is 4.98 Å². The fourth-order valence-corrected chi connectivity index (χ4v) is 3.68. The molecule has 0 unspecified atom stereocenters. The van der Waals surface area contributed by atoms with E-state index in [9.17, 15) is 26.0 Å². The smallest absolute Gasteiger partial charge is 0.360 e. The number of H-pyrrole nitrogens is 1. The van der Waals surface area contributed by atoms with Crippen LogP contribution in [-0.4, -0.2) is 13.4 Å². The van der Waals surface area contributed by atoms with Crippen molar-refractivity contribution in [1.29, 1.82) is 0 Å². The molecule has 0 atom stereocenters. The summed E-state index contributed by atoms with van der Waals surface area (Å²) in [5, 5.41) is -0.819. The van der Waals surface area contributed by atoms with E-state index < -0.39 is 38.3 Å². The van der Waals surface area contributed by atoms with Gasteiger partial charge in [-0.1, -0.05) is 41.9 Å². The Kier molecular flexibility index (Phi) is 4.92. The van der Waals surface area contributed by atoms with Gasteiger partial charge in [0, 0.05) is 11.9 Å². The average molecular weight is 419 g/mol. The first-order valence-corrected chi connectivity index (χ1v) is 9.27. The molecule has 27 heavy (non-hydrogen) atoms. The van der Waals surface area contributed by atoms with Crippen LogP contribution in [-0.2, 0) is 16.2 Å². The second-order valence-electron chi connectivity index (χ2n) is 5.53. The number of sulfonamides is 1. The fraction of sp³-hybridized carbons (Fsp3) is 0.0588. The van der Waals surface area contributed by atoms with Gasteiger partial charge in [0.05, 0.1) is 16.3 Å². The van der Waals surface area contributed by atoms with E-state index >= 15 is 0 Å². The van der Waals surface area contributed by atoms with Gasteiger partial charge in [-0.15, -0.1) is 0 Å². The zero-order chi connectivity index (χ0) is 19.8. The summed E-state index contributed by atoms with van der Waals surface area (Å²) in [7, 11) is -4.25. The van der Waals surface area contributed by atoms with E-state index in [4.69, 9.17) is 11.6 Å². The zero-order valence-electron chi connectivity index (χ0n) is 13.3. The summed E-state index contributed by atoms with van der Waals surface area (Å²) in [6.45, 7) is 0. The van der Waals surface area contributed by atoms with E-state index in [0.717, 1.165) is 5.56 Å². The topological polar surface area (TPSA) is 62.0 Å². The molecule has 1 heterocycles. The first-order chi connectivity index (χ1) is 12.6. The number of anilines is 1. The molecular formula is C17H11ClF4N2O2S. The number of aromatic nitrogens is 1. The van der Waals surface area contributed by atoms with Gasteiger partial charge < -0.3 is 4.98 Å². The van der Waals surface area contributed by atoms with E-state index in [2.05, 4.69) is 4.98 Å². The van der Waals surface area contributed by atoms with Gasteiger partial charge in [0.15, 0.2) is 0 Å². The van der Waals surface area contributed by atoms with Crippen molar-refractivity contribution in [3.8, 4) is 11.3 Å². The highest BCUT2D eigenvalue weighted by molar-refractivity contribution is 7.92. The predicted molar refractivity (Wildman–Crippen MR) is 93.4 cm³/mol. The van der Waals surface area contributed by atoms with Crippen LogP contribution in [0.4, 0.5) is 23.2 Å². The highest BCUT2D eigenvalue weighted by atomic mass is 35.5. The van der Waals surface area contributed by atoms with Crippen LogP contribution in [0.3, 0.4) is 0 Å². The van der Waals surface area contributed by atoms with Crippen LogP contribution in [0.15, 0.2) is 59.6 Å². The number of halogens is 5. The molecule has 10 heteroatoms. The molecule has 1 aromatic heterocycles. The summed E-state index contributed by atoms with van der Waals surface area (Å²) in [5.74, 6) is -1.39. The van der Waals surface area contributed by atoms with E-state index in [1.807, 2.05) is 4.72 Å². The Morgan fingerprint density at radius 1 is 1.04 bits per heavy atom. The minimum absolute atomic E-state index is 0.146. The van der Waals surface area contributed by atoms with Crippen LogP contribution in [0, 0.1) is 5.82 Å². The van der Waals surface area contributed by atoms with Crippen LogP contribution in [0.25, 0.3) is 11.3 Å². The van der Waals surface area contributed by atoms with Crippen molar-refractivity contribution >= 4 is 27.3 Å². The van der Waals surface area contributed by atoms with Crippen LogP contribution in [0.5, 0.6) is 0 Å². The van der Waals surface area contributed by atoms with Crippen molar-refractivity contribution in [2.45, 2.75) is 11.1 Å². The minimum atomic E-state index is -4.86. The molecule has 142 valence electrons. The molecule has 0 aliphatic carbocycles. The summed E-state index contributed by atoms with van der Waals surface area (Å²) in [4.78, 5) is 2.57. The summed E-state index contributed by atoms with van der Waals surface area (Å²) in [6.07, 6.45) is -3.67. The third kappa shape index (κ3) is 4.09. The molecule has 0 radical (unpaired) electrons. The Bertz CT molecular complexity index is 1080. The van der Waals surface area contributed by atoms with E-state index in [0.29, 0.717) is 11.8 Å². The van der Waals surface area contributed by atoms with Crippen LogP contribution in [0.2, 0.25) is 5.02 Å². The second-order valence-corrected chi connectivity index (χ2v) is 7.62. The summed E-state index contributed by atoms with van der Waals surface area (Å²) in [6, 6.07) is 10.9. The normalized spacial score (nSPS) is 12.2. The fourth-order valence-electron chi connectivity index (χ4n) is 2.36. The lowest BCUT2D eigenvalue weighted by Gasteiger charge is -2.13. The zero-order valence-corrected chi connectivity index (χ0v) is 14.9. The van der Waals surface area contributed by atoms with E-state index in [1.165, 1.54) is 12.3 Å². The summed E-state index contributed by atoms with van der Waals surface area (Å²) in [5.41, 5.74) is -0.849. The largest absolute Gasteiger partial charge is 0.417 e. The number of alkyl halides is 3. The number of nitrogens with one attached hydrogen (secondary N) is 2. The quantitative estimate of drug-likeness (QED) is 0.565. The maximum Gasteiger partial charge on any atom is 0.417 e. The SMILES string of the molecule is O=S(=O)(Nc1cc(Cl)c(C(F)(F)F)cc1F)c1c[nH]c(-c2ccccc2)c1. The van der Waals surface area contributed by atoms with Gasteiger partial charge in [-0.05, 0) is 23.8 Å². The minimum Gasteiger partial charge on any atom is -0.360 e. The maximum atomic E-state index is 14.0. The van der Waals surface area contributed by atoms with Crippen LogP contribution < -0.4 is 4.72 Å². The summed E-state index contributed by atoms with van der Waals surface area (Å²) < 4.78 is 79.0. The van der Waals surface area contributed by atoms with E-state index in [1.54, 1.807) is 30.3 Å². The molecule has 3 rings (SSSR count). The highest BCUT2D eigenvalue weighted by Crippen LogP contribution is 2.37. The number of rotatable bonds is 4. The first-order valence-electron chi connectivity index (χ1n) is 7.41. The number of hydrogen-bond acceptors (Lipinski definition) is 2. The molecular weight excluding hydrogens is 408 g/mol. The molecule has 0 saturated heterocycles. The van der Waals surface area contributed by atoms with Gasteiger partial charge in [-0.3, -0.25) is 4.72 Å². The van der Waals surface area contributed by atoms with Crippen LogP contribution >= 0.6 is 11.6 Å². The third-order valence-electron chi connectivity index (χ3n) is 3.66. The van der Waals surface area contributed by atoms with Crippen molar-refractivity contribution in [3.63, 3.8) is 0 Å². The second kappa shape index (κ2) is 6.90. The van der Waals surface area contributed by atoms with Gasteiger partial charge in [-0.2, -0.15) is 13.2 Å². The van der Waals surface area contributed by atoms with Crippen molar-refractivity contribution in [3.05, 3.63) is 71.1 Å². The average Bonchev–Trinajstić information content (AvgIpc) is 3.08. The van der Waals surface area contributed by atoms with Gasteiger partial charge in [-0.25, -0.2) is 12.8 Å². The van der Waals surface area contributed by atoms with Crippen molar-refractivity contribution < 1.29 is 26.0 Å². The maximum absolute atomic E-state index is 14.0. The molecule has 3 aromatic rings. The lowest BCUT2D eigenvalue weighted by atomic mass is 10.2. The molecule has 2 N–H and O–H groups in total. The number of hydrogen-bond donors (Lipinski definition) is 2. The molecule has 0 aliphatic rings. The van der Waals surface area contributed by atoms with E-state index in [-0.39, 0.29) is 11.0 Å². The third-order valence-corrected chi connectivity index (χ3v) is 5.32. The lowest BCUT2D eigenvalue weighted by molar-refractivity contribution is -0.137. The number of benzene rings is 2. The molecule has 0 saturated carbocycles. The molecule has 2 aromatic carbocycles. The highest BCUT2D eigenvalue weighted by Gasteiger charge is 2.34. The molecule has 0 amide bonds. The Hall–Kier alpha value is -2.52. The molecule has 0 aliphatic heterocycles. The van der Waals surface area contributed by atoms with Gasteiger partial charge in [0.1, 0.15) is 10.7 Å². The van der Waals surface area contributed by atoms with Gasteiger partial charge in [0.2, 0.25) is 0 Å². The van der Waals surface area contributed by atoms with Gasteiger partial charge in [0.25, 0.3) is 10.0 Å². The number of aromatic amines is 1.